The number of aromatic nitrogens is 3. The summed E-state index contributed by atoms with van der Waals surface area (Å²) in [7, 11) is 0. The summed E-state index contributed by atoms with van der Waals surface area (Å²) in [5, 5.41) is 8.43. The lowest BCUT2D eigenvalue weighted by molar-refractivity contribution is 0.102. The van der Waals surface area contributed by atoms with Crippen LogP contribution in [0.3, 0.4) is 0 Å². The van der Waals surface area contributed by atoms with E-state index in [9.17, 15) is 4.79 Å². The van der Waals surface area contributed by atoms with Crippen molar-refractivity contribution in [3.8, 4) is 5.75 Å². The van der Waals surface area contributed by atoms with Gasteiger partial charge in [-0.1, -0.05) is 23.9 Å². The van der Waals surface area contributed by atoms with Crippen molar-refractivity contribution in [3.05, 3.63) is 58.2 Å². The third-order valence-electron chi connectivity index (χ3n) is 5.17. The molecule has 2 aromatic heterocycles. The molecule has 0 atom stereocenters. The maximum atomic E-state index is 12.7. The molecule has 0 unspecified atom stereocenters. The standard InChI is InChI=1S/C22H25N3O3S/c1-13-5-6-14(2)20(9-13)27-11-21-23-24-22(28-21)29-12-19(26)18-10-15(3)25(16(18)4)17-7-8-17/h5-6,9-10,17H,7-8,11-12H2,1-4H3. The van der Waals surface area contributed by atoms with Crippen molar-refractivity contribution < 1.29 is 13.9 Å². The Kier molecular flexibility index (Phi) is 5.50. The van der Waals surface area contributed by atoms with E-state index in [1.165, 1.54) is 24.6 Å². The van der Waals surface area contributed by atoms with Gasteiger partial charge in [-0.05, 0) is 63.8 Å². The van der Waals surface area contributed by atoms with Crippen LogP contribution in [0.2, 0.25) is 0 Å². The Bertz CT molecular complexity index is 1050. The summed E-state index contributed by atoms with van der Waals surface area (Å²) in [6.07, 6.45) is 2.40. The second-order valence-electron chi connectivity index (χ2n) is 7.62. The molecule has 2 heterocycles. The lowest BCUT2D eigenvalue weighted by atomic mass is 10.1. The van der Waals surface area contributed by atoms with Crippen molar-refractivity contribution in [1.82, 2.24) is 14.8 Å². The maximum Gasteiger partial charge on any atom is 0.277 e. The maximum absolute atomic E-state index is 12.7. The summed E-state index contributed by atoms with van der Waals surface area (Å²) in [5.74, 6) is 1.56. The molecule has 6 nitrogen and oxygen atoms in total. The van der Waals surface area contributed by atoms with Gasteiger partial charge in [-0.2, -0.15) is 0 Å². The SMILES string of the molecule is Cc1ccc(C)c(OCc2nnc(SCC(=O)c3cc(C)n(C4CC4)c3C)o2)c1. The van der Waals surface area contributed by atoms with E-state index in [4.69, 9.17) is 9.15 Å². The first-order valence-electron chi connectivity index (χ1n) is 9.79. The smallest absolute Gasteiger partial charge is 0.277 e. The first kappa shape index (κ1) is 19.8. The van der Waals surface area contributed by atoms with Gasteiger partial charge in [0.1, 0.15) is 5.75 Å². The number of benzene rings is 1. The van der Waals surface area contributed by atoms with Crippen molar-refractivity contribution in [3.63, 3.8) is 0 Å². The zero-order valence-corrected chi connectivity index (χ0v) is 18.0. The Labute approximate surface area is 174 Å². The summed E-state index contributed by atoms with van der Waals surface area (Å²) in [5.41, 5.74) is 5.19. The summed E-state index contributed by atoms with van der Waals surface area (Å²) in [6.45, 7) is 8.31. The fraction of sp³-hybridized carbons (Fsp3) is 0.409. The fourth-order valence-corrected chi connectivity index (χ4v) is 4.18. The highest BCUT2D eigenvalue weighted by Gasteiger charge is 2.28. The summed E-state index contributed by atoms with van der Waals surface area (Å²) in [6, 6.07) is 8.61. The molecule has 0 bridgehead atoms. The van der Waals surface area contributed by atoms with E-state index >= 15 is 0 Å². The summed E-state index contributed by atoms with van der Waals surface area (Å²) < 4.78 is 13.7. The van der Waals surface area contributed by atoms with Crippen LogP contribution in [0.25, 0.3) is 0 Å². The molecular formula is C22H25N3O3S. The molecule has 0 aliphatic heterocycles. The van der Waals surface area contributed by atoms with Crippen LogP contribution in [-0.2, 0) is 6.61 Å². The first-order chi connectivity index (χ1) is 13.9. The van der Waals surface area contributed by atoms with Crippen LogP contribution in [0.4, 0.5) is 0 Å². The Balaban J connectivity index is 1.34. The number of hydrogen-bond acceptors (Lipinski definition) is 6. The van der Waals surface area contributed by atoms with Gasteiger partial charge in [0.25, 0.3) is 11.1 Å². The second-order valence-corrected chi connectivity index (χ2v) is 8.54. The number of carbonyl (C=O) groups is 1. The topological polar surface area (TPSA) is 70.2 Å². The molecular weight excluding hydrogens is 386 g/mol. The van der Waals surface area contributed by atoms with E-state index < -0.39 is 0 Å². The average molecular weight is 412 g/mol. The number of Topliss-reactive ketones (excluding diaryl/α,β-unsaturated/α-hetero) is 1. The fourth-order valence-electron chi connectivity index (χ4n) is 3.52. The average Bonchev–Trinajstić information content (AvgIpc) is 3.33. The highest BCUT2D eigenvalue weighted by molar-refractivity contribution is 7.99. The molecule has 29 heavy (non-hydrogen) atoms. The minimum atomic E-state index is 0.0846. The Morgan fingerprint density at radius 3 is 2.76 bits per heavy atom. The Morgan fingerprint density at radius 1 is 1.21 bits per heavy atom. The first-order valence-corrected chi connectivity index (χ1v) is 10.8. The van der Waals surface area contributed by atoms with Crippen LogP contribution in [0.5, 0.6) is 5.75 Å². The van der Waals surface area contributed by atoms with Gasteiger partial charge in [0.2, 0.25) is 0 Å². The number of ketones is 1. The minimum absolute atomic E-state index is 0.0846. The largest absolute Gasteiger partial charge is 0.484 e. The van der Waals surface area contributed by atoms with E-state index in [0.717, 1.165) is 33.8 Å². The zero-order valence-electron chi connectivity index (χ0n) is 17.2. The van der Waals surface area contributed by atoms with Crippen LogP contribution in [0.15, 0.2) is 33.9 Å². The molecule has 7 heteroatoms. The summed E-state index contributed by atoms with van der Waals surface area (Å²) >= 11 is 1.26. The summed E-state index contributed by atoms with van der Waals surface area (Å²) in [4.78, 5) is 12.7. The predicted molar refractivity (Wildman–Crippen MR) is 112 cm³/mol. The van der Waals surface area contributed by atoms with Crippen LogP contribution >= 0.6 is 11.8 Å². The zero-order chi connectivity index (χ0) is 20.5. The van der Waals surface area contributed by atoms with E-state index in [1.54, 1.807) is 0 Å². The Morgan fingerprint density at radius 2 is 2.00 bits per heavy atom. The molecule has 0 N–H and O–H groups in total. The van der Waals surface area contributed by atoms with Crippen LogP contribution in [-0.4, -0.2) is 26.3 Å². The highest BCUT2D eigenvalue weighted by atomic mass is 32.2. The number of rotatable bonds is 8. The number of ether oxygens (including phenoxy) is 1. The lowest BCUT2D eigenvalue weighted by Crippen LogP contribution is -2.05. The molecule has 0 saturated heterocycles. The van der Waals surface area contributed by atoms with E-state index in [2.05, 4.69) is 21.7 Å². The van der Waals surface area contributed by atoms with Crippen molar-refractivity contribution in [2.45, 2.75) is 58.4 Å². The van der Waals surface area contributed by atoms with Crippen molar-refractivity contribution in [1.29, 1.82) is 0 Å². The number of thioether (sulfide) groups is 1. The van der Waals surface area contributed by atoms with Crippen LogP contribution in [0.1, 0.15) is 57.6 Å². The number of nitrogens with zero attached hydrogens (tertiary/aromatic N) is 3. The van der Waals surface area contributed by atoms with E-state index in [0.29, 0.717) is 17.2 Å². The normalized spacial score (nSPS) is 13.7. The predicted octanol–water partition coefficient (Wildman–Crippen LogP) is 4.99. The van der Waals surface area contributed by atoms with Crippen LogP contribution < -0.4 is 4.74 Å². The number of hydrogen-bond donors (Lipinski definition) is 0. The number of aryl methyl sites for hydroxylation is 3. The van der Waals surface area contributed by atoms with Crippen LogP contribution in [0, 0.1) is 27.7 Å². The third-order valence-corrected chi connectivity index (χ3v) is 5.99. The van der Waals surface area contributed by atoms with Crippen molar-refractivity contribution in [2.24, 2.45) is 0 Å². The molecule has 1 aliphatic carbocycles. The minimum Gasteiger partial charge on any atom is -0.484 e. The van der Waals surface area contributed by atoms with E-state index in [1.807, 2.05) is 45.0 Å². The highest BCUT2D eigenvalue weighted by Crippen LogP contribution is 2.38. The molecule has 0 amide bonds. The number of carbonyl (C=O) groups excluding carboxylic acids is 1. The molecule has 3 aromatic rings. The molecule has 4 rings (SSSR count). The van der Waals surface area contributed by atoms with E-state index in [-0.39, 0.29) is 18.1 Å². The molecule has 1 fully saturated rings. The third kappa shape index (κ3) is 4.40. The molecule has 152 valence electrons. The molecule has 1 aliphatic rings. The van der Waals surface area contributed by atoms with Gasteiger partial charge >= 0.3 is 0 Å². The molecule has 0 spiro atoms. The van der Waals surface area contributed by atoms with Gasteiger partial charge in [0, 0.05) is 23.0 Å². The Hall–Kier alpha value is -2.54. The molecule has 0 radical (unpaired) electrons. The van der Waals surface area contributed by atoms with Gasteiger partial charge in [0.05, 0.1) is 5.75 Å². The molecule has 1 aromatic carbocycles. The van der Waals surface area contributed by atoms with Gasteiger partial charge < -0.3 is 13.7 Å². The van der Waals surface area contributed by atoms with Gasteiger partial charge in [-0.25, -0.2) is 0 Å². The lowest BCUT2D eigenvalue weighted by Gasteiger charge is -2.07. The van der Waals surface area contributed by atoms with Crippen molar-refractivity contribution >= 4 is 17.5 Å². The quantitative estimate of drug-likeness (QED) is 0.384. The van der Waals surface area contributed by atoms with Gasteiger partial charge in [0.15, 0.2) is 12.4 Å². The molecule has 1 saturated carbocycles. The monoisotopic (exact) mass is 411 g/mol. The van der Waals surface area contributed by atoms with Gasteiger partial charge in [-0.15, -0.1) is 10.2 Å². The van der Waals surface area contributed by atoms with Crippen molar-refractivity contribution in [2.75, 3.05) is 5.75 Å². The second kappa shape index (κ2) is 8.06. The van der Waals surface area contributed by atoms with Gasteiger partial charge in [-0.3, -0.25) is 4.79 Å².